The fourth-order valence-electron chi connectivity index (χ4n) is 1.17. The molecular formula is C10H17N3O6. The summed E-state index contributed by atoms with van der Waals surface area (Å²) in [6.45, 7) is 4.72. The Morgan fingerprint density at radius 3 is 2.53 bits per heavy atom. The topological polar surface area (TPSA) is 114 Å². The SMILES string of the molecule is CC(C)(C)C(=O)OCON=[N+]([O-])N1CC(C(=O)O)C1. The number of rotatable bonds is 5. The fourth-order valence-corrected chi connectivity index (χ4v) is 1.17. The minimum atomic E-state index is -0.954. The number of carboxylic acids is 1. The quantitative estimate of drug-likeness (QED) is 0.192. The number of hydrogen-bond acceptors (Lipinski definition) is 6. The van der Waals surface area contributed by atoms with Gasteiger partial charge in [-0.25, -0.2) is 0 Å². The zero-order chi connectivity index (χ0) is 14.6. The highest BCUT2D eigenvalue weighted by atomic mass is 16.8. The van der Waals surface area contributed by atoms with E-state index in [0.29, 0.717) is 0 Å². The van der Waals surface area contributed by atoms with E-state index in [4.69, 9.17) is 9.84 Å². The van der Waals surface area contributed by atoms with E-state index in [-0.39, 0.29) is 18.1 Å². The third-order valence-corrected chi connectivity index (χ3v) is 2.44. The van der Waals surface area contributed by atoms with Gasteiger partial charge in [0.05, 0.1) is 23.5 Å². The van der Waals surface area contributed by atoms with Crippen LogP contribution in [0.4, 0.5) is 0 Å². The molecule has 0 radical (unpaired) electrons. The lowest BCUT2D eigenvalue weighted by Gasteiger charge is -2.31. The molecule has 1 N–H and O–H groups in total. The molecule has 0 atom stereocenters. The van der Waals surface area contributed by atoms with Crippen molar-refractivity contribution in [2.45, 2.75) is 20.8 Å². The van der Waals surface area contributed by atoms with Crippen molar-refractivity contribution < 1.29 is 29.2 Å². The molecule has 9 nitrogen and oxygen atoms in total. The third-order valence-electron chi connectivity index (χ3n) is 2.44. The van der Waals surface area contributed by atoms with Crippen LogP contribution in [-0.4, -0.2) is 46.9 Å². The molecule has 0 saturated carbocycles. The average Bonchev–Trinajstić information content (AvgIpc) is 2.19. The molecule has 0 aromatic rings. The Hall–Kier alpha value is -2.06. The van der Waals surface area contributed by atoms with Gasteiger partial charge in [0.15, 0.2) is 0 Å². The van der Waals surface area contributed by atoms with Gasteiger partial charge in [0.2, 0.25) is 5.28 Å². The van der Waals surface area contributed by atoms with E-state index in [2.05, 4.69) is 10.1 Å². The number of hydrogen-bond donors (Lipinski definition) is 1. The van der Waals surface area contributed by atoms with Gasteiger partial charge in [-0.15, -0.1) is 5.01 Å². The first-order valence-electron chi connectivity index (χ1n) is 5.67. The molecule has 0 aromatic carbocycles. The van der Waals surface area contributed by atoms with Crippen molar-refractivity contribution in [3.8, 4) is 0 Å². The Kier molecular flexibility index (Phi) is 4.52. The van der Waals surface area contributed by atoms with Gasteiger partial charge in [-0.1, -0.05) is 0 Å². The lowest BCUT2D eigenvalue weighted by Crippen LogP contribution is -2.53. The Bertz CT molecular complexity index is 383. The number of carboxylic acid groups (broad SMARTS) is 1. The van der Waals surface area contributed by atoms with Gasteiger partial charge in [-0.2, -0.15) is 0 Å². The van der Waals surface area contributed by atoms with Crippen LogP contribution in [0.1, 0.15) is 20.8 Å². The molecule has 108 valence electrons. The normalized spacial score (nSPS) is 16.8. The molecule has 1 aliphatic rings. The average molecular weight is 275 g/mol. The second kappa shape index (κ2) is 5.72. The van der Waals surface area contributed by atoms with Crippen molar-refractivity contribution in [1.82, 2.24) is 5.01 Å². The molecule has 0 unspecified atom stereocenters. The zero-order valence-corrected chi connectivity index (χ0v) is 11.0. The molecule has 1 saturated heterocycles. The number of carbonyl (C=O) groups is 2. The van der Waals surface area contributed by atoms with Gasteiger partial charge in [0.1, 0.15) is 5.92 Å². The molecular weight excluding hydrogens is 258 g/mol. The van der Waals surface area contributed by atoms with Crippen molar-refractivity contribution >= 4 is 11.9 Å². The van der Waals surface area contributed by atoms with Crippen molar-refractivity contribution in [2.75, 3.05) is 19.9 Å². The van der Waals surface area contributed by atoms with Crippen molar-refractivity contribution in [1.29, 1.82) is 0 Å². The minimum Gasteiger partial charge on any atom is -0.569 e. The largest absolute Gasteiger partial charge is 0.569 e. The summed E-state index contributed by atoms with van der Waals surface area (Å²) >= 11 is 0. The molecule has 1 heterocycles. The Labute approximate surface area is 109 Å². The smallest absolute Gasteiger partial charge is 0.314 e. The molecule has 9 heteroatoms. The lowest BCUT2D eigenvalue weighted by atomic mass is 9.98. The van der Waals surface area contributed by atoms with E-state index in [1.54, 1.807) is 20.8 Å². The zero-order valence-electron chi connectivity index (χ0n) is 11.0. The second-order valence-corrected chi connectivity index (χ2v) is 5.17. The third kappa shape index (κ3) is 4.27. The molecule has 0 amide bonds. The van der Waals surface area contributed by atoms with Gasteiger partial charge in [0, 0.05) is 0 Å². The van der Waals surface area contributed by atoms with E-state index in [1.165, 1.54) is 0 Å². The summed E-state index contributed by atoms with van der Waals surface area (Å²) in [4.78, 5) is 26.5. The summed E-state index contributed by atoms with van der Waals surface area (Å²) in [5, 5.41) is 24.1. The maximum atomic E-state index is 11.3. The maximum Gasteiger partial charge on any atom is 0.314 e. The molecule has 0 aliphatic carbocycles. The molecule has 1 rings (SSSR count). The van der Waals surface area contributed by atoms with E-state index >= 15 is 0 Å². The molecule has 19 heavy (non-hydrogen) atoms. The minimum absolute atomic E-state index is 0.0769. The van der Waals surface area contributed by atoms with Crippen LogP contribution in [0.3, 0.4) is 0 Å². The summed E-state index contributed by atoms with van der Waals surface area (Å²) in [5.41, 5.74) is -0.660. The predicted octanol–water partition coefficient (Wildman–Crippen LogP) is 0.359. The predicted molar refractivity (Wildman–Crippen MR) is 60.3 cm³/mol. The van der Waals surface area contributed by atoms with Crippen LogP contribution in [0.5, 0.6) is 0 Å². The summed E-state index contributed by atoms with van der Waals surface area (Å²) in [6.07, 6.45) is 0. The first-order valence-corrected chi connectivity index (χ1v) is 5.67. The number of hydrazine groups is 1. The van der Waals surface area contributed by atoms with Gasteiger partial charge in [-0.05, 0) is 20.8 Å². The first kappa shape index (κ1) is 15.0. The summed E-state index contributed by atoms with van der Waals surface area (Å²) < 4.78 is 4.71. The summed E-state index contributed by atoms with van der Waals surface area (Å²) in [7, 11) is 0. The molecule has 0 bridgehead atoms. The summed E-state index contributed by atoms with van der Waals surface area (Å²) in [6, 6.07) is 0. The van der Waals surface area contributed by atoms with E-state index in [9.17, 15) is 14.8 Å². The van der Waals surface area contributed by atoms with Gasteiger partial charge in [0.25, 0.3) is 6.79 Å². The standard InChI is InChI=1S/C10H17N3O6/c1-10(2,3)9(16)18-6-19-11-13(17)12-4-7(5-12)8(14)15/h7H,4-6H2,1-3H3,(H,14,15). The number of ether oxygens (including phenoxy) is 1. The number of aliphatic carboxylic acids is 1. The van der Waals surface area contributed by atoms with Crippen LogP contribution in [0, 0.1) is 16.5 Å². The highest BCUT2D eigenvalue weighted by Gasteiger charge is 2.38. The maximum absolute atomic E-state index is 11.3. The fraction of sp³-hybridized carbons (Fsp3) is 0.800. The monoisotopic (exact) mass is 275 g/mol. The Morgan fingerprint density at radius 2 is 2.05 bits per heavy atom. The number of carbonyl (C=O) groups excluding carboxylic acids is 1. The van der Waals surface area contributed by atoms with Crippen LogP contribution in [0.15, 0.2) is 5.28 Å². The highest BCUT2D eigenvalue weighted by Crippen LogP contribution is 2.16. The van der Waals surface area contributed by atoms with Crippen molar-refractivity contribution in [2.24, 2.45) is 16.6 Å². The lowest BCUT2D eigenvalue weighted by molar-refractivity contribution is -0.726. The summed E-state index contributed by atoms with van der Waals surface area (Å²) in [5.74, 6) is -2.00. The van der Waals surface area contributed by atoms with Crippen LogP contribution >= 0.6 is 0 Å². The van der Waals surface area contributed by atoms with Crippen molar-refractivity contribution in [3.05, 3.63) is 5.21 Å². The van der Waals surface area contributed by atoms with Crippen LogP contribution in [-0.2, 0) is 19.2 Å². The Balaban J connectivity index is 2.23. The van der Waals surface area contributed by atoms with E-state index in [0.717, 1.165) is 5.01 Å². The second-order valence-electron chi connectivity index (χ2n) is 5.17. The van der Waals surface area contributed by atoms with E-state index < -0.39 is 30.1 Å². The van der Waals surface area contributed by atoms with Crippen LogP contribution < -0.4 is 0 Å². The Morgan fingerprint density at radius 1 is 1.47 bits per heavy atom. The van der Waals surface area contributed by atoms with Crippen molar-refractivity contribution in [3.63, 3.8) is 0 Å². The van der Waals surface area contributed by atoms with Crippen LogP contribution in [0.25, 0.3) is 0 Å². The molecule has 1 fully saturated rings. The van der Waals surface area contributed by atoms with Gasteiger partial charge < -0.3 is 19.9 Å². The molecule has 1 aliphatic heterocycles. The number of esters is 1. The highest BCUT2D eigenvalue weighted by molar-refractivity contribution is 5.75. The molecule has 0 aromatic heterocycles. The van der Waals surface area contributed by atoms with Gasteiger partial charge >= 0.3 is 11.9 Å². The number of nitrogens with zero attached hydrogens (tertiary/aromatic N) is 3. The van der Waals surface area contributed by atoms with E-state index in [1.807, 2.05) is 0 Å². The molecule has 0 spiro atoms. The first-order chi connectivity index (χ1) is 8.71. The van der Waals surface area contributed by atoms with Crippen LogP contribution in [0.2, 0.25) is 0 Å². The van der Waals surface area contributed by atoms with Gasteiger partial charge in [-0.3, -0.25) is 9.59 Å².